The van der Waals surface area contributed by atoms with Gasteiger partial charge in [0.15, 0.2) is 4.98 Å². The molecule has 0 radical (unpaired) electrons. The quantitative estimate of drug-likeness (QED) is 0.646. The highest BCUT2D eigenvalue weighted by Crippen LogP contribution is 2.37. The third-order valence-corrected chi connectivity index (χ3v) is 2.40. The predicted octanol–water partition coefficient (Wildman–Crippen LogP) is 2.68. The van der Waals surface area contributed by atoms with E-state index in [0.29, 0.717) is 0 Å². The van der Waals surface area contributed by atoms with E-state index in [1.807, 2.05) is 25.1 Å². The van der Waals surface area contributed by atoms with Crippen LogP contribution in [0.1, 0.15) is 5.56 Å². The number of aromatic hydroxyl groups is 1. The predicted molar refractivity (Wildman–Crippen MR) is 54.1 cm³/mol. The highest BCUT2D eigenvalue weighted by Gasteiger charge is 2.24. The number of benzene rings is 1. The molecule has 0 unspecified atom stereocenters. The van der Waals surface area contributed by atoms with Crippen LogP contribution < -0.4 is 0 Å². The summed E-state index contributed by atoms with van der Waals surface area (Å²) in [6.07, 6.45) is 0. The van der Waals surface area contributed by atoms with E-state index in [2.05, 4.69) is 4.98 Å². The standard InChI is InChI=1S/C10H9N3O/c1-6-3-4-7-8(5-6)13(2)10(14)9(7)12-11/h3-5H,1-2H3/p+1. The number of fused-ring (bicyclic) bond motifs is 1. The highest BCUT2D eigenvalue weighted by atomic mass is 16.3. The Hall–Kier alpha value is -2.02. The number of nitrogens with zero attached hydrogens (tertiary/aromatic N) is 3. The van der Waals surface area contributed by atoms with Crippen LogP contribution in [-0.4, -0.2) is 9.67 Å². The van der Waals surface area contributed by atoms with Gasteiger partial charge in [-0.05, 0) is 24.6 Å². The minimum atomic E-state index is -0.0203. The number of aryl methyl sites for hydroxylation is 2. The second-order valence-electron chi connectivity index (χ2n) is 3.35. The molecular weight excluding hydrogens is 178 g/mol. The van der Waals surface area contributed by atoms with Gasteiger partial charge in [-0.2, -0.15) is 0 Å². The van der Waals surface area contributed by atoms with E-state index in [-0.39, 0.29) is 11.6 Å². The van der Waals surface area contributed by atoms with Crippen molar-refractivity contribution in [2.24, 2.45) is 7.05 Å². The third kappa shape index (κ3) is 0.958. The Balaban J connectivity index is 2.97. The Bertz CT molecular complexity index is 548. The maximum Gasteiger partial charge on any atom is 0.453 e. The molecule has 0 aliphatic heterocycles. The SMILES string of the molecule is Cc1ccc2c([N+]#N)c(O)n(C)c2c1. The Kier molecular flexibility index (Phi) is 1.68. The van der Waals surface area contributed by atoms with Crippen molar-refractivity contribution in [2.75, 3.05) is 0 Å². The molecule has 70 valence electrons. The van der Waals surface area contributed by atoms with Crippen LogP contribution in [0.3, 0.4) is 0 Å². The number of rotatable bonds is 0. The second kappa shape index (κ2) is 2.74. The summed E-state index contributed by atoms with van der Waals surface area (Å²) < 4.78 is 1.59. The van der Waals surface area contributed by atoms with Gasteiger partial charge in [-0.1, -0.05) is 6.07 Å². The van der Waals surface area contributed by atoms with E-state index >= 15 is 0 Å². The number of diazo groups is 1. The fourth-order valence-electron chi connectivity index (χ4n) is 1.61. The minimum absolute atomic E-state index is 0.0203. The van der Waals surface area contributed by atoms with E-state index in [0.717, 1.165) is 16.5 Å². The van der Waals surface area contributed by atoms with Crippen LogP contribution in [0.15, 0.2) is 18.2 Å². The van der Waals surface area contributed by atoms with E-state index in [1.165, 1.54) is 0 Å². The lowest BCUT2D eigenvalue weighted by atomic mass is 10.2. The van der Waals surface area contributed by atoms with Gasteiger partial charge >= 0.3 is 5.69 Å². The molecule has 0 bridgehead atoms. The molecule has 0 aliphatic rings. The van der Waals surface area contributed by atoms with Crippen molar-refractivity contribution in [2.45, 2.75) is 6.92 Å². The van der Waals surface area contributed by atoms with Crippen LogP contribution in [0.5, 0.6) is 5.88 Å². The van der Waals surface area contributed by atoms with Crippen LogP contribution in [0.4, 0.5) is 5.69 Å². The molecule has 1 aromatic carbocycles. The molecule has 2 rings (SSSR count). The molecule has 0 amide bonds. The van der Waals surface area contributed by atoms with Crippen LogP contribution in [-0.2, 0) is 7.05 Å². The topological polar surface area (TPSA) is 53.3 Å². The summed E-state index contributed by atoms with van der Waals surface area (Å²) in [6.45, 7) is 1.97. The molecule has 1 aromatic heterocycles. The zero-order valence-corrected chi connectivity index (χ0v) is 8.02. The number of hydrogen-bond donors (Lipinski definition) is 1. The minimum Gasteiger partial charge on any atom is -0.489 e. The summed E-state index contributed by atoms with van der Waals surface area (Å²) in [5.41, 5.74) is 2.18. The molecule has 0 saturated carbocycles. The summed E-state index contributed by atoms with van der Waals surface area (Å²) >= 11 is 0. The molecular formula is C10H10N3O+. The van der Waals surface area contributed by atoms with Crippen LogP contribution in [0.2, 0.25) is 0 Å². The molecule has 0 aliphatic carbocycles. The van der Waals surface area contributed by atoms with Gasteiger partial charge in [0.25, 0.3) is 5.88 Å². The van der Waals surface area contributed by atoms with Crippen molar-refractivity contribution in [3.8, 4) is 5.88 Å². The van der Waals surface area contributed by atoms with E-state index < -0.39 is 0 Å². The first-order valence-electron chi connectivity index (χ1n) is 4.28. The molecule has 0 saturated heterocycles. The maximum absolute atomic E-state index is 9.62. The first-order chi connectivity index (χ1) is 6.65. The Labute approximate surface area is 81.0 Å². The molecule has 14 heavy (non-hydrogen) atoms. The molecule has 0 fully saturated rings. The smallest absolute Gasteiger partial charge is 0.453 e. The lowest BCUT2D eigenvalue weighted by molar-refractivity contribution is 0.438. The van der Waals surface area contributed by atoms with Crippen LogP contribution in [0.25, 0.3) is 15.9 Å². The lowest BCUT2D eigenvalue weighted by Gasteiger charge is -1.96. The number of aromatic nitrogens is 1. The Morgan fingerprint density at radius 3 is 2.79 bits per heavy atom. The van der Waals surface area contributed by atoms with Gasteiger partial charge in [0, 0.05) is 7.05 Å². The summed E-state index contributed by atoms with van der Waals surface area (Å²) in [5, 5.41) is 19.1. The lowest BCUT2D eigenvalue weighted by Crippen LogP contribution is -1.85. The van der Waals surface area contributed by atoms with Crippen molar-refractivity contribution in [1.29, 1.82) is 5.39 Å². The van der Waals surface area contributed by atoms with Gasteiger partial charge in [-0.3, -0.25) is 0 Å². The first-order valence-corrected chi connectivity index (χ1v) is 4.28. The van der Waals surface area contributed by atoms with Crippen molar-refractivity contribution in [3.05, 3.63) is 28.7 Å². The van der Waals surface area contributed by atoms with Crippen molar-refractivity contribution >= 4 is 16.6 Å². The van der Waals surface area contributed by atoms with Crippen LogP contribution in [0, 0.1) is 12.3 Å². The maximum atomic E-state index is 9.62. The summed E-state index contributed by atoms with van der Waals surface area (Å²) in [5.74, 6) is -0.0203. The van der Waals surface area contributed by atoms with Gasteiger partial charge in [-0.15, -0.1) is 0 Å². The second-order valence-corrected chi connectivity index (χ2v) is 3.35. The summed E-state index contributed by atoms with van der Waals surface area (Å²) in [4.78, 5) is 3.08. The third-order valence-electron chi connectivity index (χ3n) is 2.40. The van der Waals surface area contributed by atoms with E-state index in [1.54, 1.807) is 11.6 Å². The monoisotopic (exact) mass is 188 g/mol. The fourth-order valence-corrected chi connectivity index (χ4v) is 1.61. The molecule has 2 aromatic rings. The van der Waals surface area contributed by atoms with E-state index in [4.69, 9.17) is 5.39 Å². The summed E-state index contributed by atoms with van der Waals surface area (Å²) in [7, 11) is 1.73. The Morgan fingerprint density at radius 1 is 1.43 bits per heavy atom. The number of hydrogen-bond acceptors (Lipinski definition) is 2. The molecule has 1 heterocycles. The van der Waals surface area contributed by atoms with Gasteiger partial charge in [-0.25, -0.2) is 0 Å². The molecule has 4 nitrogen and oxygen atoms in total. The molecule has 0 atom stereocenters. The largest absolute Gasteiger partial charge is 0.489 e. The first kappa shape index (κ1) is 8.57. The van der Waals surface area contributed by atoms with Gasteiger partial charge < -0.3 is 9.67 Å². The van der Waals surface area contributed by atoms with Gasteiger partial charge in [0.05, 0.1) is 10.9 Å². The average Bonchev–Trinajstić information content (AvgIpc) is 2.41. The molecule has 0 spiro atoms. The van der Waals surface area contributed by atoms with E-state index in [9.17, 15) is 5.11 Å². The van der Waals surface area contributed by atoms with Gasteiger partial charge in [0.2, 0.25) is 5.39 Å². The van der Waals surface area contributed by atoms with Crippen molar-refractivity contribution in [1.82, 2.24) is 4.57 Å². The van der Waals surface area contributed by atoms with Gasteiger partial charge in [0.1, 0.15) is 0 Å². The Morgan fingerprint density at radius 2 is 2.14 bits per heavy atom. The zero-order chi connectivity index (χ0) is 10.3. The van der Waals surface area contributed by atoms with Crippen molar-refractivity contribution in [3.63, 3.8) is 0 Å². The van der Waals surface area contributed by atoms with Crippen molar-refractivity contribution < 1.29 is 5.11 Å². The fraction of sp³-hybridized carbons (Fsp3) is 0.200. The summed E-state index contributed by atoms with van der Waals surface area (Å²) in [6, 6.07) is 5.68. The van der Waals surface area contributed by atoms with Crippen LogP contribution >= 0.6 is 0 Å². The normalized spacial score (nSPS) is 10.4. The highest BCUT2D eigenvalue weighted by molar-refractivity contribution is 5.97. The average molecular weight is 188 g/mol. The molecule has 4 heteroatoms. The molecule has 1 N–H and O–H groups in total. The zero-order valence-electron chi connectivity index (χ0n) is 8.02.